The van der Waals surface area contributed by atoms with E-state index in [9.17, 15) is 0 Å². The Morgan fingerprint density at radius 2 is 1.97 bits per heavy atom. The Balaban J connectivity index is 1.58. The van der Waals surface area contributed by atoms with Crippen molar-refractivity contribution in [2.45, 2.75) is 58.8 Å². The number of thiocarbonyl (C=S) groups is 1. The van der Waals surface area contributed by atoms with E-state index in [1.165, 1.54) is 17.0 Å². The van der Waals surface area contributed by atoms with Crippen LogP contribution in [-0.2, 0) is 11.3 Å². The molecule has 168 valence electrons. The van der Waals surface area contributed by atoms with Gasteiger partial charge in [0.15, 0.2) is 5.11 Å². The number of hydrogen-bond acceptors (Lipinski definition) is 4. The smallest absolute Gasteiger partial charge is 0.170 e. The third-order valence-electron chi connectivity index (χ3n) is 6.58. The molecule has 7 heteroatoms. The van der Waals surface area contributed by atoms with Crippen molar-refractivity contribution in [2.24, 2.45) is 0 Å². The zero-order valence-electron chi connectivity index (χ0n) is 19.2. The summed E-state index contributed by atoms with van der Waals surface area (Å²) in [6.07, 6.45) is 3.01. The molecule has 2 aliphatic rings. The zero-order valence-corrected chi connectivity index (χ0v) is 20.0. The van der Waals surface area contributed by atoms with Crippen molar-refractivity contribution < 1.29 is 4.74 Å². The summed E-state index contributed by atoms with van der Waals surface area (Å²) in [6.45, 7) is 14.9. The molecule has 2 aromatic rings. The minimum atomic E-state index is 0.0541. The summed E-state index contributed by atoms with van der Waals surface area (Å²) in [6, 6.07) is 8.97. The maximum Gasteiger partial charge on any atom is 0.170 e. The van der Waals surface area contributed by atoms with Gasteiger partial charge in [0.05, 0.1) is 31.0 Å². The zero-order chi connectivity index (χ0) is 22.0. The van der Waals surface area contributed by atoms with Crippen LogP contribution >= 0.6 is 12.2 Å². The van der Waals surface area contributed by atoms with Crippen LogP contribution in [0.3, 0.4) is 0 Å². The topological polar surface area (TPSA) is 45.6 Å². The summed E-state index contributed by atoms with van der Waals surface area (Å²) in [5.41, 5.74) is 5.04. The normalized spacial score (nSPS) is 22.4. The van der Waals surface area contributed by atoms with Crippen molar-refractivity contribution in [2.75, 3.05) is 32.8 Å². The molecule has 0 bridgehead atoms. The molecule has 2 saturated heterocycles. The van der Waals surface area contributed by atoms with Crippen LogP contribution in [0.2, 0.25) is 0 Å². The van der Waals surface area contributed by atoms with Gasteiger partial charge in [-0.2, -0.15) is 0 Å². The van der Waals surface area contributed by atoms with Gasteiger partial charge in [0.2, 0.25) is 0 Å². The van der Waals surface area contributed by atoms with Crippen molar-refractivity contribution in [1.29, 1.82) is 0 Å². The van der Waals surface area contributed by atoms with Crippen molar-refractivity contribution in [3.8, 4) is 0 Å². The number of aromatic nitrogens is 2. The van der Waals surface area contributed by atoms with E-state index in [0.29, 0.717) is 6.04 Å². The van der Waals surface area contributed by atoms with Crippen LogP contribution in [0, 0.1) is 13.8 Å². The lowest BCUT2D eigenvalue weighted by Crippen LogP contribution is -2.37. The van der Waals surface area contributed by atoms with Crippen LogP contribution in [0.4, 0.5) is 0 Å². The highest BCUT2D eigenvalue weighted by atomic mass is 32.1. The molecular formula is C24H35N5OS. The number of nitrogens with zero attached hydrogens (tertiary/aromatic N) is 4. The molecule has 4 rings (SSSR count). The molecule has 2 aromatic heterocycles. The van der Waals surface area contributed by atoms with Gasteiger partial charge >= 0.3 is 0 Å². The molecule has 0 spiro atoms. The largest absolute Gasteiger partial charge is 0.379 e. The molecule has 0 saturated carbocycles. The van der Waals surface area contributed by atoms with Crippen molar-refractivity contribution in [1.82, 2.24) is 24.7 Å². The Kier molecular flexibility index (Phi) is 6.94. The van der Waals surface area contributed by atoms with Gasteiger partial charge in [-0.25, -0.2) is 0 Å². The molecule has 1 N–H and O–H groups in total. The first-order chi connectivity index (χ1) is 15.0. The van der Waals surface area contributed by atoms with Crippen LogP contribution in [0.5, 0.6) is 0 Å². The van der Waals surface area contributed by atoms with E-state index in [1.807, 2.05) is 12.3 Å². The number of ether oxygens (including phenoxy) is 1. The quantitative estimate of drug-likeness (QED) is 0.663. The van der Waals surface area contributed by atoms with Gasteiger partial charge < -0.3 is 19.5 Å². The van der Waals surface area contributed by atoms with Crippen molar-refractivity contribution in [3.63, 3.8) is 0 Å². The monoisotopic (exact) mass is 441 g/mol. The molecule has 0 unspecified atom stereocenters. The molecule has 4 heterocycles. The van der Waals surface area contributed by atoms with E-state index in [1.54, 1.807) is 0 Å². The van der Waals surface area contributed by atoms with Gasteiger partial charge in [-0.05, 0) is 70.1 Å². The van der Waals surface area contributed by atoms with E-state index in [2.05, 4.69) is 70.6 Å². The standard InChI is InChI=1S/C24H35N5OS/c1-17(2)29-23(22(26-24(29)31)21-8-5-6-9-25-21)20-16-18(3)28(19(20)4)11-7-10-27-12-14-30-15-13-27/h5-6,8-9,16-17,22-23H,7,10-15H2,1-4H3,(H,26,31)/t22-,23+/m0/s1. The van der Waals surface area contributed by atoms with Crippen molar-refractivity contribution in [3.05, 3.63) is 53.1 Å². The molecule has 31 heavy (non-hydrogen) atoms. The third-order valence-corrected chi connectivity index (χ3v) is 6.91. The Morgan fingerprint density at radius 3 is 2.65 bits per heavy atom. The van der Waals surface area contributed by atoms with Crippen LogP contribution < -0.4 is 5.32 Å². The predicted molar refractivity (Wildman–Crippen MR) is 128 cm³/mol. The summed E-state index contributed by atoms with van der Waals surface area (Å²) in [5.74, 6) is 0. The lowest BCUT2D eigenvalue weighted by atomic mass is 9.96. The third kappa shape index (κ3) is 4.64. The number of rotatable bonds is 7. The van der Waals surface area contributed by atoms with Gasteiger partial charge in [-0.3, -0.25) is 9.88 Å². The molecule has 2 atom stereocenters. The maximum absolute atomic E-state index is 5.76. The highest BCUT2D eigenvalue weighted by molar-refractivity contribution is 7.80. The Hall–Kier alpha value is -1.96. The van der Waals surface area contributed by atoms with Crippen LogP contribution in [-0.4, -0.2) is 63.4 Å². The molecule has 0 radical (unpaired) electrons. The number of pyridine rings is 1. The number of nitrogens with one attached hydrogen (secondary N) is 1. The predicted octanol–water partition coefficient (Wildman–Crippen LogP) is 3.60. The molecular weight excluding hydrogens is 406 g/mol. The second-order valence-corrected chi connectivity index (χ2v) is 9.30. The molecule has 0 aliphatic carbocycles. The van der Waals surface area contributed by atoms with Gasteiger partial charge in [0.25, 0.3) is 0 Å². The Bertz CT molecular complexity index is 891. The molecule has 2 fully saturated rings. The maximum atomic E-state index is 5.76. The molecule has 2 aliphatic heterocycles. The Morgan fingerprint density at radius 1 is 1.19 bits per heavy atom. The highest BCUT2D eigenvalue weighted by Gasteiger charge is 2.42. The number of morpholine rings is 1. The Labute approximate surface area is 191 Å². The summed E-state index contributed by atoms with van der Waals surface area (Å²) in [4.78, 5) is 9.50. The minimum Gasteiger partial charge on any atom is -0.379 e. The fourth-order valence-electron chi connectivity index (χ4n) is 5.00. The number of hydrogen-bond donors (Lipinski definition) is 1. The van der Waals surface area contributed by atoms with E-state index in [0.717, 1.165) is 56.6 Å². The average Bonchev–Trinajstić information content (AvgIpc) is 3.26. The van der Waals surface area contributed by atoms with Crippen molar-refractivity contribution >= 4 is 17.3 Å². The van der Waals surface area contributed by atoms with Gasteiger partial charge in [0.1, 0.15) is 0 Å². The van der Waals surface area contributed by atoms with E-state index in [4.69, 9.17) is 17.0 Å². The van der Waals surface area contributed by atoms with E-state index in [-0.39, 0.29) is 12.1 Å². The van der Waals surface area contributed by atoms with E-state index < -0.39 is 0 Å². The SMILES string of the molecule is Cc1cc([C@@H]2[C@H](c3ccccn3)NC(=S)N2C(C)C)c(C)n1CCCN1CCOCC1. The van der Waals surface area contributed by atoms with Crippen LogP contribution in [0.15, 0.2) is 30.5 Å². The van der Waals surface area contributed by atoms with Gasteiger partial charge in [0, 0.05) is 49.8 Å². The summed E-state index contributed by atoms with van der Waals surface area (Å²) in [7, 11) is 0. The number of aryl methyl sites for hydroxylation is 1. The van der Waals surface area contributed by atoms with Crippen LogP contribution in [0.1, 0.15) is 55.0 Å². The van der Waals surface area contributed by atoms with E-state index >= 15 is 0 Å². The second-order valence-electron chi connectivity index (χ2n) is 8.91. The minimum absolute atomic E-state index is 0.0541. The lowest BCUT2D eigenvalue weighted by molar-refractivity contribution is 0.0369. The van der Waals surface area contributed by atoms with Crippen LogP contribution in [0.25, 0.3) is 0 Å². The average molecular weight is 442 g/mol. The molecule has 0 aromatic carbocycles. The fraction of sp³-hybridized carbons (Fsp3) is 0.583. The van der Waals surface area contributed by atoms with Gasteiger partial charge in [-0.1, -0.05) is 6.07 Å². The lowest BCUT2D eigenvalue weighted by Gasteiger charge is -2.31. The summed E-state index contributed by atoms with van der Waals surface area (Å²) < 4.78 is 7.95. The second kappa shape index (κ2) is 9.67. The highest BCUT2D eigenvalue weighted by Crippen LogP contribution is 2.41. The summed E-state index contributed by atoms with van der Waals surface area (Å²) in [5, 5.41) is 4.37. The first-order valence-corrected chi connectivity index (χ1v) is 11.8. The summed E-state index contributed by atoms with van der Waals surface area (Å²) >= 11 is 5.76. The fourth-order valence-corrected chi connectivity index (χ4v) is 5.45. The molecule has 0 amide bonds. The molecule has 6 nitrogen and oxygen atoms in total. The van der Waals surface area contributed by atoms with Gasteiger partial charge in [-0.15, -0.1) is 0 Å². The first-order valence-electron chi connectivity index (χ1n) is 11.4. The first kappa shape index (κ1) is 22.2.